The third-order valence-electron chi connectivity index (χ3n) is 4.52. The SMILES string of the molecule is O=C(C1CCC1)N1CCc2sccc2C1c1cccs1. The summed E-state index contributed by atoms with van der Waals surface area (Å²) >= 11 is 3.60. The molecule has 2 aliphatic rings. The van der Waals surface area contributed by atoms with Gasteiger partial charge in [-0.15, -0.1) is 22.7 Å². The average molecular weight is 303 g/mol. The van der Waals surface area contributed by atoms with Crippen molar-refractivity contribution < 1.29 is 4.79 Å². The summed E-state index contributed by atoms with van der Waals surface area (Å²) in [5.41, 5.74) is 1.36. The highest BCUT2D eigenvalue weighted by molar-refractivity contribution is 7.10. The minimum Gasteiger partial charge on any atom is -0.330 e. The van der Waals surface area contributed by atoms with E-state index in [0.717, 1.165) is 25.8 Å². The van der Waals surface area contributed by atoms with Crippen LogP contribution in [0.5, 0.6) is 0 Å². The first kappa shape index (κ1) is 12.6. The lowest BCUT2D eigenvalue weighted by molar-refractivity contribution is -0.140. The Balaban J connectivity index is 1.73. The average Bonchev–Trinajstić information content (AvgIpc) is 3.06. The number of amides is 1. The molecular weight excluding hydrogens is 286 g/mol. The predicted molar refractivity (Wildman–Crippen MR) is 83.2 cm³/mol. The van der Waals surface area contributed by atoms with E-state index in [1.165, 1.54) is 21.7 Å². The minimum absolute atomic E-state index is 0.165. The zero-order valence-electron chi connectivity index (χ0n) is 11.2. The van der Waals surface area contributed by atoms with Crippen molar-refractivity contribution in [3.05, 3.63) is 44.3 Å². The number of carbonyl (C=O) groups excluding carboxylic acids is 1. The van der Waals surface area contributed by atoms with Crippen molar-refractivity contribution in [2.75, 3.05) is 6.54 Å². The summed E-state index contributed by atoms with van der Waals surface area (Å²) in [4.78, 5) is 17.7. The Morgan fingerprint density at radius 1 is 1.20 bits per heavy atom. The molecule has 2 aromatic heterocycles. The first-order chi connectivity index (χ1) is 9.84. The molecule has 0 radical (unpaired) electrons. The van der Waals surface area contributed by atoms with Crippen LogP contribution in [0, 0.1) is 5.92 Å². The van der Waals surface area contributed by atoms with E-state index in [4.69, 9.17) is 0 Å². The largest absolute Gasteiger partial charge is 0.330 e. The summed E-state index contributed by atoms with van der Waals surface area (Å²) in [5.74, 6) is 0.671. The molecule has 0 bridgehead atoms. The molecule has 4 heteroatoms. The van der Waals surface area contributed by atoms with E-state index in [-0.39, 0.29) is 12.0 Å². The Labute approximate surface area is 127 Å². The van der Waals surface area contributed by atoms with E-state index in [1.54, 1.807) is 11.3 Å². The third kappa shape index (κ3) is 1.93. The zero-order chi connectivity index (χ0) is 13.5. The highest BCUT2D eigenvalue weighted by Gasteiger charge is 2.37. The molecule has 1 atom stereocenters. The first-order valence-electron chi connectivity index (χ1n) is 7.25. The second-order valence-corrected chi connectivity index (χ2v) is 7.61. The number of nitrogens with zero attached hydrogens (tertiary/aromatic N) is 1. The highest BCUT2D eigenvalue weighted by atomic mass is 32.1. The van der Waals surface area contributed by atoms with E-state index in [9.17, 15) is 4.79 Å². The van der Waals surface area contributed by atoms with Crippen molar-refractivity contribution in [2.45, 2.75) is 31.7 Å². The van der Waals surface area contributed by atoms with Crippen LogP contribution in [0.4, 0.5) is 0 Å². The Hall–Kier alpha value is -1.13. The molecule has 1 saturated carbocycles. The summed E-state index contributed by atoms with van der Waals surface area (Å²) < 4.78 is 0. The molecular formula is C16H17NOS2. The molecule has 0 N–H and O–H groups in total. The Kier molecular flexibility index (Phi) is 3.15. The van der Waals surface area contributed by atoms with Crippen LogP contribution < -0.4 is 0 Å². The van der Waals surface area contributed by atoms with Crippen molar-refractivity contribution in [1.82, 2.24) is 4.90 Å². The number of rotatable bonds is 2. The lowest BCUT2D eigenvalue weighted by Gasteiger charge is -2.39. The minimum atomic E-state index is 0.165. The fourth-order valence-corrected chi connectivity index (χ4v) is 4.96. The Morgan fingerprint density at radius 2 is 2.10 bits per heavy atom. The van der Waals surface area contributed by atoms with Crippen molar-refractivity contribution in [3.8, 4) is 0 Å². The molecule has 1 unspecified atom stereocenters. The molecule has 1 aliphatic heterocycles. The van der Waals surface area contributed by atoms with Crippen LogP contribution >= 0.6 is 22.7 Å². The van der Waals surface area contributed by atoms with Crippen LogP contribution in [0.15, 0.2) is 29.0 Å². The van der Waals surface area contributed by atoms with Crippen LogP contribution in [0.1, 0.15) is 40.6 Å². The van der Waals surface area contributed by atoms with Crippen molar-refractivity contribution >= 4 is 28.6 Å². The van der Waals surface area contributed by atoms with Gasteiger partial charge in [0, 0.05) is 22.2 Å². The normalized spacial score (nSPS) is 22.4. The lowest BCUT2D eigenvalue weighted by Crippen LogP contribution is -2.44. The van der Waals surface area contributed by atoms with Crippen LogP contribution in [-0.4, -0.2) is 17.4 Å². The van der Waals surface area contributed by atoms with Crippen molar-refractivity contribution in [1.29, 1.82) is 0 Å². The predicted octanol–water partition coefficient (Wildman–Crippen LogP) is 4.08. The van der Waals surface area contributed by atoms with E-state index in [2.05, 4.69) is 33.9 Å². The maximum atomic E-state index is 12.8. The summed E-state index contributed by atoms with van der Waals surface area (Å²) in [5, 5.41) is 4.28. The van der Waals surface area contributed by atoms with Crippen molar-refractivity contribution in [2.24, 2.45) is 5.92 Å². The zero-order valence-corrected chi connectivity index (χ0v) is 12.9. The van der Waals surface area contributed by atoms with E-state index < -0.39 is 0 Å². The number of hydrogen-bond acceptors (Lipinski definition) is 3. The van der Waals surface area contributed by atoms with Gasteiger partial charge in [0.05, 0.1) is 6.04 Å². The molecule has 104 valence electrons. The quantitative estimate of drug-likeness (QED) is 0.818. The van der Waals surface area contributed by atoms with Gasteiger partial charge in [-0.25, -0.2) is 0 Å². The van der Waals surface area contributed by atoms with Gasteiger partial charge < -0.3 is 4.90 Å². The van der Waals surface area contributed by atoms with Crippen LogP contribution in [0.3, 0.4) is 0 Å². The summed E-state index contributed by atoms with van der Waals surface area (Å²) in [7, 11) is 0. The number of thiophene rings is 2. The molecule has 3 heterocycles. The maximum absolute atomic E-state index is 12.8. The molecule has 1 aliphatic carbocycles. The summed E-state index contributed by atoms with van der Waals surface area (Å²) in [6.45, 7) is 0.880. The van der Waals surface area contributed by atoms with Crippen LogP contribution in [0.2, 0.25) is 0 Å². The highest BCUT2D eigenvalue weighted by Crippen LogP contribution is 2.41. The first-order valence-corrected chi connectivity index (χ1v) is 9.00. The molecule has 2 nitrogen and oxygen atoms in total. The van der Waals surface area contributed by atoms with E-state index >= 15 is 0 Å². The molecule has 0 spiro atoms. The van der Waals surface area contributed by atoms with Gasteiger partial charge in [-0.2, -0.15) is 0 Å². The Morgan fingerprint density at radius 3 is 2.80 bits per heavy atom. The molecule has 2 aromatic rings. The second-order valence-electron chi connectivity index (χ2n) is 5.63. The third-order valence-corrected chi connectivity index (χ3v) is 6.44. The number of hydrogen-bond donors (Lipinski definition) is 0. The second kappa shape index (κ2) is 5.01. The van der Waals surface area contributed by atoms with Gasteiger partial charge in [-0.1, -0.05) is 12.5 Å². The standard InChI is InChI=1S/C16H17NOS2/c18-16(11-3-1-4-11)17-8-6-13-12(7-10-20-13)15(17)14-5-2-9-19-14/h2,5,7,9-11,15H,1,3-4,6,8H2. The van der Waals surface area contributed by atoms with Crippen molar-refractivity contribution in [3.63, 3.8) is 0 Å². The molecule has 0 saturated heterocycles. The smallest absolute Gasteiger partial charge is 0.226 e. The van der Waals surface area contributed by atoms with Crippen LogP contribution in [0.25, 0.3) is 0 Å². The van der Waals surface area contributed by atoms with E-state index in [0.29, 0.717) is 5.91 Å². The molecule has 1 amide bonds. The molecule has 0 aromatic carbocycles. The van der Waals surface area contributed by atoms with E-state index in [1.807, 2.05) is 11.3 Å². The summed E-state index contributed by atoms with van der Waals surface area (Å²) in [6.07, 6.45) is 4.41. The molecule has 1 fully saturated rings. The molecule has 4 rings (SSSR count). The van der Waals surface area contributed by atoms with Gasteiger partial charge in [-0.05, 0) is 47.7 Å². The fourth-order valence-electron chi connectivity index (χ4n) is 3.20. The van der Waals surface area contributed by atoms with Gasteiger partial charge in [-0.3, -0.25) is 4.79 Å². The summed E-state index contributed by atoms with van der Waals surface area (Å²) in [6, 6.07) is 6.64. The monoisotopic (exact) mass is 303 g/mol. The van der Waals surface area contributed by atoms with Gasteiger partial charge in [0.25, 0.3) is 0 Å². The number of fused-ring (bicyclic) bond motifs is 1. The fraction of sp³-hybridized carbons (Fsp3) is 0.438. The Bertz CT molecular complexity index is 612. The van der Waals surface area contributed by atoms with Gasteiger partial charge in [0.15, 0.2) is 0 Å². The number of carbonyl (C=O) groups is 1. The molecule has 20 heavy (non-hydrogen) atoms. The maximum Gasteiger partial charge on any atom is 0.226 e. The lowest BCUT2D eigenvalue weighted by atomic mass is 9.83. The van der Waals surface area contributed by atoms with Gasteiger partial charge in [0.2, 0.25) is 5.91 Å². The van der Waals surface area contributed by atoms with Gasteiger partial charge in [0.1, 0.15) is 0 Å². The topological polar surface area (TPSA) is 20.3 Å². The van der Waals surface area contributed by atoms with Gasteiger partial charge >= 0.3 is 0 Å². The van der Waals surface area contributed by atoms with Crippen LogP contribution in [-0.2, 0) is 11.2 Å².